The molecular formula is C12H14F3NO. The van der Waals surface area contributed by atoms with E-state index in [0.29, 0.717) is 6.54 Å². The molecule has 17 heavy (non-hydrogen) atoms. The minimum atomic E-state index is -4.64. The van der Waals surface area contributed by atoms with Gasteiger partial charge in [-0.15, -0.1) is 19.8 Å². The number of hydrogen-bond acceptors (Lipinski definition) is 2. The quantitative estimate of drug-likeness (QED) is 0.613. The minimum absolute atomic E-state index is 0.194. The van der Waals surface area contributed by atoms with E-state index < -0.39 is 6.36 Å². The number of halogens is 3. The van der Waals surface area contributed by atoms with Gasteiger partial charge in [-0.2, -0.15) is 0 Å². The predicted molar refractivity (Wildman–Crippen MR) is 59.6 cm³/mol. The highest BCUT2D eigenvalue weighted by atomic mass is 19.4. The molecular weight excluding hydrogens is 231 g/mol. The molecule has 0 saturated carbocycles. The van der Waals surface area contributed by atoms with Crippen molar-refractivity contribution >= 4 is 0 Å². The fraction of sp³-hybridized carbons (Fsp3) is 0.333. The Balaban J connectivity index is 2.51. The summed E-state index contributed by atoms with van der Waals surface area (Å²) in [5, 5.41) is 3.08. The normalized spacial score (nSPS) is 11.2. The molecule has 0 aliphatic heterocycles. The topological polar surface area (TPSA) is 21.3 Å². The second-order valence-electron chi connectivity index (χ2n) is 3.45. The number of alkyl halides is 3. The molecule has 0 aliphatic rings. The van der Waals surface area contributed by atoms with Crippen LogP contribution in [-0.4, -0.2) is 12.9 Å². The van der Waals surface area contributed by atoms with Gasteiger partial charge in [-0.3, -0.25) is 0 Å². The van der Waals surface area contributed by atoms with Gasteiger partial charge in [0.1, 0.15) is 5.75 Å². The van der Waals surface area contributed by atoms with Crippen LogP contribution in [0.1, 0.15) is 12.0 Å². The van der Waals surface area contributed by atoms with Gasteiger partial charge in [0, 0.05) is 6.54 Å². The molecule has 0 bridgehead atoms. The van der Waals surface area contributed by atoms with Gasteiger partial charge in [-0.1, -0.05) is 18.2 Å². The maximum atomic E-state index is 12.0. The van der Waals surface area contributed by atoms with Crippen LogP contribution in [0.5, 0.6) is 5.75 Å². The molecule has 94 valence electrons. The van der Waals surface area contributed by atoms with E-state index in [1.165, 1.54) is 18.2 Å². The SMILES string of the molecule is C=CCCNCc1cccc(OC(F)(F)F)c1. The molecule has 0 radical (unpaired) electrons. The fourth-order valence-corrected chi connectivity index (χ4v) is 1.29. The summed E-state index contributed by atoms with van der Waals surface area (Å²) >= 11 is 0. The number of ether oxygens (including phenoxy) is 1. The van der Waals surface area contributed by atoms with E-state index in [4.69, 9.17) is 0 Å². The lowest BCUT2D eigenvalue weighted by atomic mass is 10.2. The second-order valence-corrected chi connectivity index (χ2v) is 3.45. The van der Waals surface area contributed by atoms with E-state index in [9.17, 15) is 13.2 Å². The molecule has 0 aromatic heterocycles. The van der Waals surface area contributed by atoms with Crippen LogP contribution in [0.15, 0.2) is 36.9 Å². The van der Waals surface area contributed by atoms with Crippen LogP contribution in [-0.2, 0) is 6.54 Å². The summed E-state index contributed by atoms with van der Waals surface area (Å²) in [7, 11) is 0. The number of nitrogens with one attached hydrogen (secondary N) is 1. The molecule has 1 rings (SSSR count). The minimum Gasteiger partial charge on any atom is -0.406 e. The zero-order valence-corrected chi connectivity index (χ0v) is 9.26. The van der Waals surface area contributed by atoms with Crippen molar-refractivity contribution in [3.8, 4) is 5.75 Å². The molecule has 5 heteroatoms. The lowest BCUT2D eigenvalue weighted by Gasteiger charge is -2.10. The van der Waals surface area contributed by atoms with Crippen molar-refractivity contribution in [3.63, 3.8) is 0 Å². The predicted octanol–water partition coefficient (Wildman–Crippen LogP) is 3.25. The summed E-state index contributed by atoms with van der Waals surface area (Å²) in [6.07, 6.45) is -2.05. The summed E-state index contributed by atoms with van der Waals surface area (Å²) in [6, 6.07) is 5.92. The third-order valence-corrected chi connectivity index (χ3v) is 1.99. The van der Waals surface area contributed by atoms with E-state index in [2.05, 4.69) is 16.6 Å². The number of hydrogen-bond donors (Lipinski definition) is 1. The van der Waals surface area contributed by atoms with Gasteiger partial charge in [0.15, 0.2) is 0 Å². The molecule has 0 atom stereocenters. The average Bonchev–Trinajstić information content (AvgIpc) is 2.23. The van der Waals surface area contributed by atoms with Crippen LogP contribution in [0, 0.1) is 0 Å². The van der Waals surface area contributed by atoms with E-state index >= 15 is 0 Å². The monoisotopic (exact) mass is 245 g/mol. The van der Waals surface area contributed by atoms with Gasteiger partial charge < -0.3 is 10.1 Å². The van der Waals surface area contributed by atoms with Gasteiger partial charge in [0.05, 0.1) is 0 Å². The van der Waals surface area contributed by atoms with Crippen molar-refractivity contribution in [1.82, 2.24) is 5.32 Å². The van der Waals surface area contributed by atoms with Crippen LogP contribution in [0.4, 0.5) is 13.2 Å². The lowest BCUT2D eigenvalue weighted by molar-refractivity contribution is -0.274. The highest BCUT2D eigenvalue weighted by molar-refractivity contribution is 5.28. The van der Waals surface area contributed by atoms with Gasteiger partial charge >= 0.3 is 6.36 Å². The van der Waals surface area contributed by atoms with Crippen LogP contribution >= 0.6 is 0 Å². The first kappa shape index (κ1) is 13.6. The van der Waals surface area contributed by atoms with Crippen molar-refractivity contribution < 1.29 is 17.9 Å². The molecule has 0 aliphatic carbocycles. The Bertz CT molecular complexity index is 363. The molecule has 0 amide bonds. The number of benzene rings is 1. The Labute approximate surface area is 98.1 Å². The summed E-state index contributed by atoms with van der Waals surface area (Å²) in [4.78, 5) is 0. The maximum Gasteiger partial charge on any atom is 0.573 e. The Hall–Kier alpha value is -1.49. The Morgan fingerprint density at radius 2 is 2.12 bits per heavy atom. The average molecular weight is 245 g/mol. The third kappa shape index (κ3) is 5.97. The zero-order chi connectivity index (χ0) is 12.7. The first-order valence-electron chi connectivity index (χ1n) is 5.17. The summed E-state index contributed by atoms with van der Waals surface area (Å²) in [5.41, 5.74) is 0.746. The van der Waals surface area contributed by atoms with E-state index in [0.717, 1.165) is 18.5 Å². The second kappa shape index (κ2) is 6.30. The summed E-state index contributed by atoms with van der Waals surface area (Å²) in [5.74, 6) is -0.194. The highest BCUT2D eigenvalue weighted by Gasteiger charge is 2.30. The van der Waals surface area contributed by atoms with Crippen LogP contribution in [0.25, 0.3) is 0 Å². The van der Waals surface area contributed by atoms with Crippen LogP contribution in [0.3, 0.4) is 0 Å². The molecule has 0 saturated heterocycles. The first-order chi connectivity index (χ1) is 8.01. The molecule has 0 unspecified atom stereocenters. The highest BCUT2D eigenvalue weighted by Crippen LogP contribution is 2.23. The third-order valence-electron chi connectivity index (χ3n) is 1.99. The van der Waals surface area contributed by atoms with Crippen LogP contribution < -0.4 is 10.1 Å². The standard InChI is InChI=1S/C12H14F3NO/c1-2-3-7-16-9-10-5-4-6-11(8-10)17-12(13,14)15/h2,4-6,8,16H,1,3,7,9H2. The molecule has 2 nitrogen and oxygen atoms in total. The van der Waals surface area contributed by atoms with E-state index in [-0.39, 0.29) is 5.75 Å². The van der Waals surface area contributed by atoms with Crippen molar-refractivity contribution in [3.05, 3.63) is 42.5 Å². The summed E-state index contributed by atoms with van der Waals surface area (Å²) < 4.78 is 39.8. The van der Waals surface area contributed by atoms with Crippen LogP contribution in [0.2, 0.25) is 0 Å². The van der Waals surface area contributed by atoms with E-state index in [1.807, 2.05) is 0 Å². The zero-order valence-electron chi connectivity index (χ0n) is 9.26. The lowest BCUT2D eigenvalue weighted by Crippen LogP contribution is -2.18. The van der Waals surface area contributed by atoms with Crippen molar-refractivity contribution in [2.45, 2.75) is 19.3 Å². The molecule has 1 N–H and O–H groups in total. The number of rotatable bonds is 6. The first-order valence-corrected chi connectivity index (χ1v) is 5.17. The summed E-state index contributed by atoms with van der Waals surface area (Å²) in [6.45, 7) is 4.82. The molecule has 0 spiro atoms. The van der Waals surface area contributed by atoms with Gasteiger partial charge in [-0.05, 0) is 30.7 Å². The Morgan fingerprint density at radius 1 is 1.35 bits per heavy atom. The van der Waals surface area contributed by atoms with E-state index in [1.54, 1.807) is 12.1 Å². The smallest absolute Gasteiger partial charge is 0.406 e. The molecule has 1 aromatic rings. The van der Waals surface area contributed by atoms with Crippen molar-refractivity contribution in [2.75, 3.05) is 6.54 Å². The molecule has 1 aromatic carbocycles. The molecule has 0 fully saturated rings. The Morgan fingerprint density at radius 3 is 2.76 bits per heavy atom. The van der Waals surface area contributed by atoms with Gasteiger partial charge in [0.2, 0.25) is 0 Å². The Kier molecular flexibility index (Phi) is 5.03. The van der Waals surface area contributed by atoms with Crippen molar-refractivity contribution in [2.24, 2.45) is 0 Å². The van der Waals surface area contributed by atoms with Gasteiger partial charge in [-0.25, -0.2) is 0 Å². The largest absolute Gasteiger partial charge is 0.573 e. The van der Waals surface area contributed by atoms with Gasteiger partial charge in [0.25, 0.3) is 0 Å². The maximum absolute atomic E-state index is 12.0. The fourth-order valence-electron chi connectivity index (χ4n) is 1.29. The molecule has 0 heterocycles. The van der Waals surface area contributed by atoms with Crippen molar-refractivity contribution in [1.29, 1.82) is 0 Å².